The third-order valence-corrected chi connectivity index (χ3v) is 3.03. The highest BCUT2D eigenvalue weighted by Gasteiger charge is 2.21. The maximum absolute atomic E-state index is 3.22. The van der Waals surface area contributed by atoms with Gasteiger partial charge in [0.25, 0.3) is 0 Å². The van der Waals surface area contributed by atoms with Crippen molar-refractivity contribution in [1.29, 1.82) is 0 Å². The van der Waals surface area contributed by atoms with Crippen LogP contribution in [0.3, 0.4) is 0 Å². The number of rotatable bonds is 1. The van der Waals surface area contributed by atoms with Gasteiger partial charge in [-0.05, 0) is 29.9 Å². The Labute approximate surface area is 106 Å². The van der Waals surface area contributed by atoms with Crippen molar-refractivity contribution in [2.75, 3.05) is 13.1 Å². The number of hydrazine groups is 1. The molecule has 2 aliphatic rings. The highest BCUT2D eigenvalue weighted by molar-refractivity contribution is 5.29. The first-order chi connectivity index (χ1) is 8.07. The molecule has 1 fully saturated rings. The summed E-state index contributed by atoms with van der Waals surface area (Å²) in [6, 6.07) is 0. The molecule has 2 N–H and O–H groups in total. The Morgan fingerprint density at radius 3 is 2.24 bits per heavy atom. The first-order valence-corrected chi connectivity index (χ1v) is 6.76. The van der Waals surface area contributed by atoms with E-state index in [1.807, 2.05) is 13.8 Å². The van der Waals surface area contributed by atoms with Crippen LogP contribution in [0.15, 0.2) is 23.7 Å². The quantitative estimate of drug-likeness (QED) is 0.734. The van der Waals surface area contributed by atoms with Gasteiger partial charge in [-0.15, -0.1) is 0 Å². The topological polar surface area (TPSA) is 27.3 Å². The third kappa shape index (κ3) is 3.69. The smallest absolute Gasteiger partial charge is 0.120 e. The van der Waals surface area contributed by atoms with Crippen LogP contribution < -0.4 is 10.9 Å². The SMILES string of the molecule is CC.CC(C)(C)C1=CNNC(N2CCCC2)=C1. The zero-order valence-corrected chi connectivity index (χ0v) is 11.9. The van der Waals surface area contributed by atoms with E-state index < -0.39 is 0 Å². The van der Waals surface area contributed by atoms with Crippen LogP contribution in [0.5, 0.6) is 0 Å². The van der Waals surface area contributed by atoms with E-state index in [1.165, 1.54) is 37.3 Å². The Bertz CT molecular complexity index is 291. The van der Waals surface area contributed by atoms with E-state index in [-0.39, 0.29) is 5.41 Å². The fourth-order valence-corrected chi connectivity index (χ4v) is 1.97. The van der Waals surface area contributed by atoms with Crippen molar-refractivity contribution in [3.05, 3.63) is 23.7 Å². The van der Waals surface area contributed by atoms with Gasteiger partial charge in [0, 0.05) is 19.3 Å². The summed E-state index contributed by atoms with van der Waals surface area (Å²) < 4.78 is 0. The van der Waals surface area contributed by atoms with Gasteiger partial charge in [0.2, 0.25) is 0 Å². The van der Waals surface area contributed by atoms with E-state index in [9.17, 15) is 0 Å². The van der Waals surface area contributed by atoms with Crippen LogP contribution in [0.25, 0.3) is 0 Å². The second-order valence-electron chi connectivity index (χ2n) is 5.34. The van der Waals surface area contributed by atoms with E-state index in [1.54, 1.807) is 0 Å². The van der Waals surface area contributed by atoms with Gasteiger partial charge in [-0.2, -0.15) is 0 Å². The Morgan fingerprint density at radius 2 is 1.71 bits per heavy atom. The second-order valence-corrected chi connectivity index (χ2v) is 5.34. The van der Waals surface area contributed by atoms with Gasteiger partial charge >= 0.3 is 0 Å². The summed E-state index contributed by atoms with van der Waals surface area (Å²) in [6.07, 6.45) is 6.95. The minimum Gasteiger partial charge on any atom is -0.357 e. The van der Waals surface area contributed by atoms with Crippen LogP contribution in [0.4, 0.5) is 0 Å². The summed E-state index contributed by atoms with van der Waals surface area (Å²) in [7, 11) is 0. The molecular formula is C14H27N3. The molecule has 98 valence electrons. The maximum Gasteiger partial charge on any atom is 0.120 e. The van der Waals surface area contributed by atoms with Crippen molar-refractivity contribution < 1.29 is 0 Å². The first kappa shape index (κ1) is 13.9. The lowest BCUT2D eigenvalue weighted by atomic mass is 9.86. The molecule has 0 aromatic carbocycles. The summed E-state index contributed by atoms with van der Waals surface area (Å²) in [6.45, 7) is 13.1. The van der Waals surface area contributed by atoms with Gasteiger partial charge < -0.3 is 10.3 Å². The Hall–Kier alpha value is -1.12. The van der Waals surface area contributed by atoms with Crippen molar-refractivity contribution in [2.45, 2.75) is 47.5 Å². The van der Waals surface area contributed by atoms with E-state index in [4.69, 9.17) is 0 Å². The van der Waals surface area contributed by atoms with Gasteiger partial charge in [0.05, 0.1) is 0 Å². The highest BCUT2D eigenvalue weighted by atomic mass is 15.4. The molecule has 0 atom stereocenters. The molecule has 3 nitrogen and oxygen atoms in total. The first-order valence-electron chi connectivity index (χ1n) is 6.76. The van der Waals surface area contributed by atoms with Gasteiger partial charge in [-0.25, -0.2) is 0 Å². The number of hydrogen-bond acceptors (Lipinski definition) is 3. The monoisotopic (exact) mass is 237 g/mol. The van der Waals surface area contributed by atoms with Gasteiger partial charge in [0.15, 0.2) is 0 Å². The molecule has 2 heterocycles. The number of nitrogens with zero attached hydrogens (tertiary/aromatic N) is 1. The molecule has 17 heavy (non-hydrogen) atoms. The Morgan fingerprint density at radius 1 is 1.12 bits per heavy atom. The van der Waals surface area contributed by atoms with Crippen LogP contribution in [0, 0.1) is 5.41 Å². The van der Waals surface area contributed by atoms with Gasteiger partial charge in [0.1, 0.15) is 5.82 Å². The predicted octanol–water partition coefficient (Wildman–Crippen LogP) is 2.99. The van der Waals surface area contributed by atoms with E-state index in [0.29, 0.717) is 0 Å². The van der Waals surface area contributed by atoms with Crippen molar-refractivity contribution in [3.63, 3.8) is 0 Å². The molecule has 2 aliphatic heterocycles. The molecule has 0 bridgehead atoms. The number of hydrogen-bond donors (Lipinski definition) is 2. The lowest BCUT2D eigenvalue weighted by Gasteiger charge is -2.30. The van der Waals surface area contributed by atoms with Crippen LogP contribution >= 0.6 is 0 Å². The molecule has 0 amide bonds. The Kier molecular flexibility index (Phi) is 4.91. The summed E-state index contributed by atoms with van der Waals surface area (Å²) in [5.74, 6) is 1.22. The molecule has 0 spiro atoms. The molecule has 0 saturated carbocycles. The summed E-state index contributed by atoms with van der Waals surface area (Å²) in [5, 5.41) is 0. The minimum atomic E-state index is 0.208. The maximum atomic E-state index is 3.22. The molecule has 0 aromatic heterocycles. The molecule has 0 unspecified atom stereocenters. The summed E-state index contributed by atoms with van der Waals surface area (Å²) >= 11 is 0. The van der Waals surface area contributed by atoms with Crippen LogP contribution in [0.1, 0.15) is 47.5 Å². The molecule has 1 saturated heterocycles. The second kappa shape index (κ2) is 5.99. The van der Waals surface area contributed by atoms with Crippen molar-refractivity contribution in [1.82, 2.24) is 15.8 Å². The average Bonchev–Trinajstić information content (AvgIpc) is 2.84. The molecule has 0 radical (unpaired) electrons. The van der Waals surface area contributed by atoms with Crippen LogP contribution in [-0.4, -0.2) is 18.0 Å². The number of nitrogens with one attached hydrogen (secondary N) is 2. The molecule has 0 aliphatic carbocycles. The van der Waals surface area contributed by atoms with Crippen LogP contribution in [-0.2, 0) is 0 Å². The number of allylic oxidation sites excluding steroid dienone is 2. The normalized spacial score (nSPS) is 19.5. The zero-order chi connectivity index (χ0) is 12.9. The van der Waals surface area contributed by atoms with Crippen molar-refractivity contribution >= 4 is 0 Å². The largest absolute Gasteiger partial charge is 0.357 e. The number of likely N-dealkylation sites (tertiary alicyclic amines) is 1. The Balaban J connectivity index is 0.000000686. The molecule has 2 rings (SSSR count). The van der Waals surface area contributed by atoms with E-state index in [0.717, 1.165) is 0 Å². The summed E-state index contributed by atoms with van der Waals surface area (Å²) in [4.78, 5) is 2.41. The van der Waals surface area contributed by atoms with Crippen LogP contribution in [0.2, 0.25) is 0 Å². The molecule has 0 aromatic rings. The third-order valence-electron chi connectivity index (χ3n) is 3.03. The van der Waals surface area contributed by atoms with Gasteiger partial charge in [-0.3, -0.25) is 5.43 Å². The van der Waals surface area contributed by atoms with Gasteiger partial charge in [-0.1, -0.05) is 34.6 Å². The fourth-order valence-electron chi connectivity index (χ4n) is 1.97. The predicted molar refractivity (Wildman–Crippen MR) is 74.0 cm³/mol. The lowest BCUT2D eigenvalue weighted by Crippen LogP contribution is -2.39. The standard InChI is InChI=1S/C12H21N3.C2H6/c1-12(2,3)10-8-11(14-13-9-10)15-6-4-5-7-15;1-2/h8-9,13-14H,4-7H2,1-3H3;1-2H3. The zero-order valence-electron chi connectivity index (χ0n) is 11.9. The van der Waals surface area contributed by atoms with E-state index >= 15 is 0 Å². The van der Waals surface area contributed by atoms with Crippen molar-refractivity contribution in [3.8, 4) is 0 Å². The fraction of sp³-hybridized carbons (Fsp3) is 0.714. The van der Waals surface area contributed by atoms with E-state index in [2.05, 4.69) is 48.8 Å². The molecule has 3 heteroatoms. The van der Waals surface area contributed by atoms with Crippen molar-refractivity contribution in [2.24, 2.45) is 5.41 Å². The molecular weight excluding hydrogens is 210 g/mol. The lowest BCUT2D eigenvalue weighted by molar-refractivity contribution is 0.369. The highest BCUT2D eigenvalue weighted by Crippen LogP contribution is 2.28. The minimum absolute atomic E-state index is 0.208. The average molecular weight is 237 g/mol. The summed E-state index contributed by atoms with van der Waals surface area (Å²) in [5.41, 5.74) is 7.93.